The molecule has 4 nitrogen and oxygen atoms in total. The molecule has 0 aliphatic rings. The highest BCUT2D eigenvalue weighted by atomic mass is 32.2. The van der Waals surface area contributed by atoms with E-state index in [1.54, 1.807) is 0 Å². The standard InChI is InChI=1S/C12H13F2NO3S/c1-15(11(16)6-19-7-12(17)18)5-8-2-3-9(13)4-10(8)14/h2-4H,5-7H2,1H3,(H,17,18). The van der Waals surface area contributed by atoms with Crippen molar-refractivity contribution in [3.05, 3.63) is 35.4 Å². The minimum Gasteiger partial charge on any atom is -0.481 e. The number of rotatable bonds is 6. The fourth-order valence-electron chi connectivity index (χ4n) is 1.33. The molecule has 0 bridgehead atoms. The molecule has 19 heavy (non-hydrogen) atoms. The van der Waals surface area contributed by atoms with Crippen LogP contribution in [0.1, 0.15) is 5.56 Å². The third-order valence-corrected chi connectivity index (χ3v) is 3.20. The number of hydrogen-bond donors (Lipinski definition) is 1. The van der Waals surface area contributed by atoms with E-state index in [4.69, 9.17) is 5.11 Å². The normalized spacial score (nSPS) is 10.3. The molecular weight excluding hydrogens is 276 g/mol. The number of benzene rings is 1. The summed E-state index contributed by atoms with van der Waals surface area (Å²) in [7, 11) is 1.48. The number of halogens is 2. The Labute approximate surface area is 113 Å². The van der Waals surface area contributed by atoms with E-state index < -0.39 is 17.6 Å². The summed E-state index contributed by atoms with van der Waals surface area (Å²) in [6.07, 6.45) is 0. The van der Waals surface area contributed by atoms with Crippen LogP contribution in [0, 0.1) is 11.6 Å². The minimum atomic E-state index is -0.995. The summed E-state index contributed by atoms with van der Waals surface area (Å²) < 4.78 is 26.1. The number of hydrogen-bond acceptors (Lipinski definition) is 3. The van der Waals surface area contributed by atoms with Gasteiger partial charge in [-0.1, -0.05) is 6.07 Å². The Kier molecular flexibility index (Phi) is 5.75. The first-order valence-electron chi connectivity index (χ1n) is 5.37. The van der Waals surface area contributed by atoms with Crippen LogP contribution in [0.25, 0.3) is 0 Å². The third-order valence-electron chi connectivity index (χ3n) is 2.30. The molecule has 104 valence electrons. The van der Waals surface area contributed by atoms with Crippen molar-refractivity contribution in [2.75, 3.05) is 18.6 Å². The summed E-state index contributed by atoms with van der Waals surface area (Å²) in [5.41, 5.74) is 0.209. The van der Waals surface area contributed by atoms with Crippen LogP contribution in [0.4, 0.5) is 8.78 Å². The SMILES string of the molecule is CN(Cc1ccc(F)cc1F)C(=O)CSCC(=O)O. The van der Waals surface area contributed by atoms with Gasteiger partial charge < -0.3 is 10.0 Å². The van der Waals surface area contributed by atoms with Crippen molar-refractivity contribution >= 4 is 23.6 Å². The first-order valence-corrected chi connectivity index (χ1v) is 6.53. The summed E-state index contributed by atoms with van der Waals surface area (Å²) in [5, 5.41) is 8.43. The van der Waals surface area contributed by atoms with Crippen LogP contribution < -0.4 is 0 Å². The van der Waals surface area contributed by atoms with Crippen LogP contribution in [-0.4, -0.2) is 40.4 Å². The molecule has 0 saturated heterocycles. The highest BCUT2D eigenvalue weighted by Gasteiger charge is 2.13. The Balaban J connectivity index is 2.51. The molecule has 0 saturated carbocycles. The molecule has 0 aliphatic carbocycles. The number of thioether (sulfide) groups is 1. The van der Waals surface area contributed by atoms with Gasteiger partial charge in [-0.15, -0.1) is 11.8 Å². The van der Waals surface area contributed by atoms with E-state index in [0.29, 0.717) is 0 Å². The second-order valence-electron chi connectivity index (χ2n) is 3.87. The molecule has 0 aliphatic heterocycles. The van der Waals surface area contributed by atoms with Gasteiger partial charge in [0.15, 0.2) is 0 Å². The Hall–Kier alpha value is -1.63. The number of aliphatic carboxylic acids is 1. The molecule has 1 aromatic rings. The van der Waals surface area contributed by atoms with E-state index in [1.807, 2.05) is 0 Å². The van der Waals surface area contributed by atoms with E-state index in [1.165, 1.54) is 18.0 Å². The molecule has 0 heterocycles. The van der Waals surface area contributed by atoms with Crippen molar-refractivity contribution in [3.8, 4) is 0 Å². The largest absolute Gasteiger partial charge is 0.481 e. The minimum absolute atomic E-state index is 0.00557. The molecule has 0 atom stereocenters. The van der Waals surface area contributed by atoms with E-state index >= 15 is 0 Å². The Morgan fingerprint density at radius 3 is 2.58 bits per heavy atom. The van der Waals surface area contributed by atoms with Crippen LogP contribution in [0.3, 0.4) is 0 Å². The molecule has 0 spiro atoms. The van der Waals surface area contributed by atoms with Gasteiger partial charge in [-0.2, -0.15) is 0 Å². The molecule has 1 aromatic carbocycles. The van der Waals surface area contributed by atoms with Crippen LogP contribution >= 0.6 is 11.8 Å². The number of carbonyl (C=O) groups is 2. The Morgan fingerprint density at radius 2 is 2.00 bits per heavy atom. The van der Waals surface area contributed by atoms with Gasteiger partial charge in [0, 0.05) is 25.2 Å². The zero-order valence-electron chi connectivity index (χ0n) is 10.2. The predicted molar refractivity (Wildman–Crippen MR) is 67.8 cm³/mol. The van der Waals surface area contributed by atoms with Gasteiger partial charge in [0.25, 0.3) is 0 Å². The van der Waals surface area contributed by atoms with Crippen molar-refractivity contribution in [2.45, 2.75) is 6.54 Å². The van der Waals surface area contributed by atoms with Gasteiger partial charge in [-0.3, -0.25) is 9.59 Å². The maximum Gasteiger partial charge on any atom is 0.313 e. The lowest BCUT2D eigenvalue weighted by Gasteiger charge is -2.17. The van der Waals surface area contributed by atoms with E-state index in [2.05, 4.69) is 0 Å². The van der Waals surface area contributed by atoms with Gasteiger partial charge in [0.1, 0.15) is 11.6 Å². The first-order chi connectivity index (χ1) is 8.90. The molecular formula is C12H13F2NO3S. The summed E-state index contributed by atoms with van der Waals surface area (Å²) >= 11 is 0.970. The van der Waals surface area contributed by atoms with E-state index in [-0.39, 0.29) is 29.5 Å². The van der Waals surface area contributed by atoms with Crippen LogP contribution in [0.5, 0.6) is 0 Å². The third kappa shape index (κ3) is 5.25. The highest BCUT2D eigenvalue weighted by molar-refractivity contribution is 8.00. The van der Waals surface area contributed by atoms with E-state index in [0.717, 1.165) is 23.9 Å². The molecule has 1 amide bonds. The number of nitrogens with zero attached hydrogens (tertiary/aromatic N) is 1. The molecule has 7 heteroatoms. The van der Waals surface area contributed by atoms with Crippen molar-refractivity contribution in [1.29, 1.82) is 0 Å². The zero-order chi connectivity index (χ0) is 14.4. The molecule has 1 rings (SSSR count). The molecule has 1 N–H and O–H groups in total. The van der Waals surface area contributed by atoms with Crippen LogP contribution in [0.2, 0.25) is 0 Å². The summed E-state index contributed by atoms with van der Waals surface area (Å²) in [6, 6.07) is 3.15. The second kappa shape index (κ2) is 7.08. The number of amides is 1. The lowest BCUT2D eigenvalue weighted by atomic mass is 10.2. The predicted octanol–water partition coefficient (Wildman–Crippen LogP) is 1.74. The van der Waals surface area contributed by atoms with Crippen molar-refractivity contribution in [3.63, 3.8) is 0 Å². The van der Waals surface area contributed by atoms with Gasteiger partial charge in [-0.05, 0) is 6.07 Å². The highest BCUT2D eigenvalue weighted by Crippen LogP contribution is 2.12. The zero-order valence-corrected chi connectivity index (χ0v) is 11.0. The summed E-state index contributed by atoms with van der Waals surface area (Å²) in [5.74, 6) is -2.85. The Morgan fingerprint density at radius 1 is 1.32 bits per heavy atom. The topological polar surface area (TPSA) is 57.6 Å². The fourth-order valence-corrected chi connectivity index (χ4v) is 2.00. The Bertz CT molecular complexity index is 482. The van der Waals surface area contributed by atoms with Crippen molar-refractivity contribution in [2.24, 2.45) is 0 Å². The molecule has 0 radical (unpaired) electrons. The average molecular weight is 289 g/mol. The maximum atomic E-state index is 13.4. The molecule has 0 fully saturated rings. The number of carboxylic acid groups (broad SMARTS) is 1. The molecule has 0 aromatic heterocycles. The van der Waals surface area contributed by atoms with Crippen LogP contribution in [-0.2, 0) is 16.1 Å². The summed E-state index contributed by atoms with van der Waals surface area (Å²) in [4.78, 5) is 23.2. The smallest absolute Gasteiger partial charge is 0.313 e. The van der Waals surface area contributed by atoms with Crippen LogP contribution in [0.15, 0.2) is 18.2 Å². The second-order valence-corrected chi connectivity index (χ2v) is 4.86. The average Bonchev–Trinajstić information content (AvgIpc) is 2.32. The summed E-state index contributed by atoms with van der Waals surface area (Å²) in [6.45, 7) is 0.0125. The maximum absolute atomic E-state index is 13.4. The quantitative estimate of drug-likeness (QED) is 0.866. The van der Waals surface area contributed by atoms with Gasteiger partial charge >= 0.3 is 5.97 Å². The number of carbonyl (C=O) groups excluding carboxylic acids is 1. The lowest BCUT2D eigenvalue weighted by molar-refractivity contribution is -0.133. The van der Waals surface area contributed by atoms with Gasteiger partial charge in [0.2, 0.25) is 5.91 Å². The lowest BCUT2D eigenvalue weighted by Crippen LogP contribution is -2.28. The first kappa shape index (κ1) is 15.4. The van der Waals surface area contributed by atoms with Crippen molar-refractivity contribution < 1.29 is 23.5 Å². The van der Waals surface area contributed by atoms with Gasteiger partial charge in [0.05, 0.1) is 11.5 Å². The van der Waals surface area contributed by atoms with E-state index in [9.17, 15) is 18.4 Å². The monoisotopic (exact) mass is 289 g/mol. The van der Waals surface area contributed by atoms with Crippen molar-refractivity contribution in [1.82, 2.24) is 4.90 Å². The number of carboxylic acids is 1. The van der Waals surface area contributed by atoms with Gasteiger partial charge in [-0.25, -0.2) is 8.78 Å². The molecule has 0 unspecified atom stereocenters. The fraction of sp³-hybridized carbons (Fsp3) is 0.333.